The number of hydrogen-bond donors (Lipinski definition) is 0. The van der Waals surface area contributed by atoms with E-state index < -0.39 is 0 Å². The number of hydrogen-bond acceptors (Lipinski definition) is 4. The Labute approximate surface area is 183 Å². The van der Waals surface area contributed by atoms with Gasteiger partial charge in [-0.1, -0.05) is 35.9 Å². The summed E-state index contributed by atoms with van der Waals surface area (Å²) in [7, 11) is 1.62. The highest BCUT2D eigenvalue weighted by Crippen LogP contribution is 2.17. The Kier molecular flexibility index (Phi) is 5.37. The topological polar surface area (TPSA) is 78.9 Å². The fourth-order valence-electron chi connectivity index (χ4n) is 3.66. The van der Waals surface area contributed by atoms with Gasteiger partial charge in [-0.15, -0.1) is 0 Å². The third-order valence-corrected chi connectivity index (χ3v) is 5.65. The normalized spacial score (nSPS) is 11.2. The molecule has 7 nitrogen and oxygen atoms in total. The van der Waals surface area contributed by atoms with Crippen LogP contribution in [-0.2, 0) is 20.1 Å². The van der Waals surface area contributed by atoms with Gasteiger partial charge in [0.15, 0.2) is 16.9 Å². The van der Waals surface area contributed by atoms with Crippen LogP contribution in [-0.4, -0.2) is 24.5 Å². The number of halogens is 1. The van der Waals surface area contributed by atoms with Gasteiger partial charge in [-0.25, -0.2) is 9.78 Å². The van der Waals surface area contributed by atoms with E-state index in [2.05, 4.69) is 4.98 Å². The monoisotopic (exact) mass is 436 g/mol. The molecule has 2 aromatic carbocycles. The molecule has 0 atom stereocenters. The van der Waals surface area contributed by atoms with Crippen molar-refractivity contribution in [2.24, 2.45) is 7.05 Å². The largest absolute Gasteiger partial charge is 0.332 e. The van der Waals surface area contributed by atoms with Crippen molar-refractivity contribution >= 4 is 28.5 Å². The zero-order chi connectivity index (χ0) is 22.3. The zero-order valence-electron chi connectivity index (χ0n) is 17.4. The van der Waals surface area contributed by atoms with Crippen molar-refractivity contribution in [2.45, 2.75) is 26.9 Å². The van der Waals surface area contributed by atoms with Gasteiger partial charge in [-0.2, -0.15) is 0 Å². The first-order valence-electron chi connectivity index (χ1n) is 9.87. The average Bonchev–Trinajstić information content (AvgIpc) is 3.09. The molecule has 8 heteroatoms. The van der Waals surface area contributed by atoms with Crippen LogP contribution < -0.4 is 11.2 Å². The quantitative estimate of drug-likeness (QED) is 0.450. The first kappa shape index (κ1) is 20.8. The minimum Gasteiger partial charge on any atom is -0.318 e. The smallest absolute Gasteiger partial charge is 0.318 e. The number of aryl methyl sites for hydroxylation is 2. The molecule has 0 unspecified atom stereocenters. The van der Waals surface area contributed by atoms with E-state index in [4.69, 9.17) is 11.6 Å². The Hall–Kier alpha value is -3.45. The van der Waals surface area contributed by atoms with Crippen LogP contribution in [0.1, 0.15) is 34.2 Å². The van der Waals surface area contributed by atoms with Crippen molar-refractivity contribution in [3.05, 3.63) is 96.9 Å². The number of fused-ring (bicyclic) bond motifs is 1. The van der Waals surface area contributed by atoms with Gasteiger partial charge < -0.3 is 4.57 Å². The van der Waals surface area contributed by atoms with E-state index in [9.17, 15) is 14.4 Å². The number of benzene rings is 2. The predicted molar refractivity (Wildman–Crippen MR) is 120 cm³/mol. The lowest BCUT2D eigenvalue weighted by molar-refractivity contribution is 0.103. The van der Waals surface area contributed by atoms with E-state index in [0.717, 1.165) is 5.56 Å². The summed E-state index contributed by atoms with van der Waals surface area (Å²) in [6, 6.07) is 14.0. The summed E-state index contributed by atoms with van der Waals surface area (Å²) in [5.74, 6) is 0.547. The molecule has 0 N–H and O–H groups in total. The second-order valence-electron chi connectivity index (χ2n) is 7.34. The summed E-state index contributed by atoms with van der Waals surface area (Å²) in [5.41, 5.74) is 2.06. The third kappa shape index (κ3) is 3.61. The molecule has 0 saturated carbocycles. The maximum Gasteiger partial charge on any atom is 0.332 e. The highest BCUT2D eigenvalue weighted by atomic mass is 35.5. The third-order valence-electron chi connectivity index (χ3n) is 5.40. The summed E-state index contributed by atoms with van der Waals surface area (Å²) in [5, 5.41) is 0.578. The molecule has 0 bridgehead atoms. The van der Waals surface area contributed by atoms with Crippen molar-refractivity contribution in [1.29, 1.82) is 0 Å². The van der Waals surface area contributed by atoms with Crippen LogP contribution in [0, 0.1) is 6.92 Å². The van der Waals surface area contributed by atoms with Crippen LogP contribution in [0.2, 0.25) is 5.02 Å². The average molecular weight is 437 g/mol. The molecule has 0 spiro atoms. The molecule has 0 radical (unpaired) electrons. The summed E-state index contributed by atoms with van der Waals surface area (Å²) in [4.78, 5) is 42.4. The Morgan fingerprint density at radius 2 is 1.55 bits per heavy atom. The van der Waals surface area contributed by atoms with Gasteiger partial charge in [0.05, 0.1) is 0 Å². The lowest BCUT2D eigenvalue weighted by Crippen LogP contribution is -2.39. The molecular formula is C23H21ClN4O3. The van der Waals surface area contributed by atoms with E-state index in [1.54, 1.807) is 61.9 Å². The van der Waals surface area contributed by atoms with Crippen molar-refractivity contribution in [1.82, 2.24) is 18.7 Å². The molecule has 2 heterocycles. The van der Waals surface area contributed by atoms with Gasteiger partial charge in [0.1, 0.15) is 5.82 Å². The zero-order valence-corrected chi connectivity index (χ0v) is 18.2. The number of imidazole rings is 1. The Bertz CT molecular complexity index is 1410. The molecule has 31 heavy (non-hydrogen) atoms. The van der Waals surface area contributed by atoms with Crippen molar-refractivity contribution < 1.29 is 4.79 Å². The predicted octanol–water partition coefficient (Wildman–Crippen LogP) is 3.16. The maximum absolute atomic E-state index is 12.9. The lowest BCUT2D eigenvalue weighted by atomic mass is 10.0. The Morgan fingerprint density at radius 1 is 0.968 bits per heavy atom. The van der Waals surface area contributed by atoms with E-state index >= 15 is 0 Å². The lowest BCUT2D eigenvalue weighted by Gasteiger charge is -2.10. The van der Waals surface area contributed by atoms with Crippen LogP contribution in [0.3, 0.4) is 0 Å². The first-order chi connectivity index (χ1) is 14.8. The summed E-state index contributed by atoms with van der Waals surface area (Å²) in [6.45, 7) is 4.25. The molecule has 0 aliphatic rings. The molecule has 4 rings (SSSR count). The van der Waals surface area contributed by atoms with Crippen LogP contribution >= 0.6 is 11.6 Å². The van der Waals surface area contributed by atoms with Gasteiger partial charge in [0.25, 0.3) is 5.56 Å². The molecule has 0 fully saturated rings. The van der Waals surface area contributed by atoms with E-state index in [-0.39, 0.29) is 23.6 Å². The summed E-state index contributed by atoms with van der Waals surface area (Å²) in [6.07, 6.45) is 0. The fourth-order valence-corrected chi connectivity index (χ4v) is 3.79. The number of nitrogens with zero attached hydrogens (tertiary/aromatic N) is 4. The van der Waals surface area contributed by atoms with Crippen molar-refractivity contribution in [3.63, 3.8) is 0 Å². The standard InChI is InChI=1S/C23H21ClN4O3/c1-4-27-22(30)19-21(26(3)23(27)31)25-14(2)28(19)13-15-5-7-16(8-6-15)20(29)17-9-11-18(24)12-10-17/h5-12H,4,13H2,1-3H3. The Balaban J connectivity index is 1.70. The number of aromatic nitrogens is 4. The molecule has 0 saturated heterocycles. The number of carbonyl (C=O) groups excluding carboxylic acids is 1. The van der Waals surface area contributed by atoms with E-state index in [1.807, 2.05) is 12.1 Å². The molecule has 4 aromatic rings. The van der Waals surface area contributed by atoms with Crippen LogP contribution in [0.15, 0.2) is 58.1 Å². The maximum atomic E-state index is 12.9. The molecule has 0 aliphatic carbocycles. The summed E-state index contributed by atoms with van der Waals surface area (Å²) < 4.78 is 4.41. The highest BCUT2D eigenvalue weighted by molar-refractivity contribution is 6.30. The number of rotatable bonds is 5. The molecule has 0 amide bonds. The minimum atomic E-state index is -0.380. The van der Waals surface area contributed by atoms with Crippen LogP contribution in [0.25, 0.3) is 11.2 Å². The number of ketones is 1. The number of carbonyl (C=O) groups is 1. The summed E-state index contributed by atoms with van der Waals surface area (Å²) >= 11 is 5.89. The van der Waals surface area contributed by atoms with Gasteiger partial charge in [-0.3, -0.25) is 18.7 Å². The highest BCUT2D eigenvalue weighted by Gasteiger charge is 2.18. The second kappa shape index (κ2) is 8.00. The van der Waals surface area contributed by atoms with E-state index in [1.165, 1.54) is 9.13 Å². The van der Waals surface area contributed by atoms with Crippen LogP contribution in [0.5, 0.6) is 0 Å². The fraction of sp³-hybridized carbons (Fsp3) is 0.217. The second-order valence-corrected chi connectivity index (χ2v) is 7.78. The van der Waals surface area contributed by atoms with Crippen molar-refractivity contribution in [3.8, 4) is 0 Å². The van der Waals surface area contributed by atoms with E-state index in [0.29, 0.717) is 39.7 Å². The molecule has 2 aromatic heterocycles. The SMILES string of the molecule is CCn1c(=O)c2c(nc(C)n2Cc2ccc(C(=O)c3ccc(Cl)cc3)cc2)n(C)c1=O. The van der Waals surface area contributed by atoms with Crippen LogP contribution in [0.4, 0.5) is 0 Å². The molecule has 0 aliphatic heterocycles. The molecular weight excluding hydrogens is 416 g/mol. The Morgan fingerprint density at radius 3 is 2.13 bits per heavy atom. The van der Waals surface area contributed by atoms with Gasteiger partial charge in [0, 0.05) is 36.3 Å². The van der Waals surface area contributed by atoms with Gasteiger partial charge in [-0.05, 0) is 43.7 Å². The minimum absolute atomic E-state index is 0.0895. The molecule has 158 valence electrons. The van der Waals surface area contributed by atoms with Gasteiger partial charge >= 0.3 is 5.69 Å². The van der Waals surface area contributed by atoms with Gasteiger partial charge in [0.2, 0.25) is 0 Å². The van der Waals surface area contributed by atoms with Crippen molar-refractivity contribution in [2.75, 3.05) is 0 Å². The first-order valence-corrected chi connectivity index (χ1v) is 10.3.